The van der Waals surface area contributed by atoms with Gasteiger partial charge >= 0.3 is 6.18 Å². The summed E-state index contributed by atoms with van der Waals surface area (Å²) in [6, 6.07) is 12.0. The van der Waals surface area contributed by atoms with Gasteiger partial charge in [-0.25, -0.2) is 4.39 Å². The van der Waals surface area contributed by atoms with Crippen LogP contribution in [-0.2, 0) is 6.18 Å². The molecule has 0 N–H and O–H groups in total. The Morgan fingerprint density at radius 2 is 1.45 bits per heavy atom. The lowest BCUT2D eigenvalue weighted by Gasteiger charge is -2.31. The molecule has 0 spiro atoms. The lowest BCUT2D eigenvalue weighted by Crippen LogP contribution is -2.45. The summed E-state index contributed by atoms with van der Waals surface area (Å²) in [4.78, 5) is 17.2. The molecule has 2 heterocycles. The third-order valence-corrected chi connectivity index (χ3v) is 6.44. The number of halogens is 4. The van der Waals surface area contributed by atoms with Crippen molar-refractivity contribution >= 4 is 5.91 Å². The first-order valence-electron chi connectivity index (χ1n) is 10.8. The van der Waals surface area contributed by atoms with Gasteiger partial charge in [-0.3, -0.25) is 9.69 Å². The molecule has 2 aliphatic rings. The van der Waals surface area contributed by atoms with Crippen molar-refractivity contribution in [1.29, 1.82) is 0 Å². The SMILES string of the molecule is O=C(c1ccc(-c2ccc(C(F)(F)F)cc2)cc1)N1CCCC1CN1CCCC1CF. The molecule has 4 rings (SSSR count). The summed E-state index contributed by atoms with van der Waals surface area (Å²) in [6.45, 7) is 1.95. The zero-order chi connectivity index (χ0) is 22.0. The molecule has 0 radical (unpaired) electrons. The largest absolute Gasteiger partial charge is 0.416 e. The highest BCUT2D eigenvalue weighted by Crippen LogP contribution is 2.31. The van der Waals surface area contributed by atoms with Gasteiger partial charge in [0.15, 0.2) is 0 Å². The van der Waals surface area contributed by atoms with Crippen LogP contribution in [0.4, 0.5) is 17.6 Å². The second-order valence-electron chi connectivity index (χ2n) is 8.39. The van der Waals surface area contributed by atoms with Gasteiger partial charge in [-0.05, 0) is 67.6 Å². The Labute approximate surface area is 179 Å². The molecule has 2 saturated heterocycles. The normalized spacial score (nSPS) is 22.3. The van der Waals surface area contributed by atoms with Crippen LogP contribution in [0, 0.1) is 0 Å². The van der Waals surface area contributed by atoms with Crippen molar-refractivity contribution < 1.29 is 22.4 Å². The van der Waals surface area contributed by atoms with Crippen LogP contribution < -0.4 is 0 Å². The van der Waals surface area contributed by atoms with Crippen LogP contribution in [0.5, 0.6) is 0 Å². The van der Waals surface area contributed by atoms with Gasteiger partial charge in [-0.15, -0.1) is 0 Å². The zero-order valence-corrected chi connectivity index (χ0v) is 17.2. The number of alkyl halides is 4. The van der Waals surface area contributed by atoms with E-state index in [1.54, 1.807) is 24.3 Å². The van der Waals surface area contributed by atoms with Gasteiger partial charge in [0.1, 0.15) is 6.67 Å². The second-order valence-corrected chi connectivity index (χ2v) is 8.39. The predicted octanol–water partition coefficient (Wildman–Crippen LogP) is 5.41. The van der Waals surface area contributed by atoms with Gasteiger partial charge in [0.25, 0.3) is 5.91 Å². The first-order valence-corrected chi connectivity index (χ1v) is 10.8. The maximum atomic E-state index is 13.2. The Balaban J connectivity index is 1.44. The molecule has 2 fully saturated rings. The second kappa shape index (κ2) is 8.99. The highest BCUT2D eigenvalue weighted by Gasteiger charge is 2.34. The molecular weight excluding hydrogens is 408 g/mol. The molecule has 7 heteroatoms. The van der Waals surface area contributed by atoms with Crippen molar-refractivity contribution in [3.63, 3.8) is 0 Å². The molecule has 0 aliphatic carbocycles. The van der Waals surface area contributed by atoms with Crippen LogP contribution in [0.2, 0.25) is 0 Å². The number of hydrogen-bond donors (Lipinski definition) is 0. The lowest BCUT2D eigenvalue weighted by atomic mass is 10.0. The van der Waals surface area contributed by atoms with E-state index in [1.165, 1.54) is 12.1 Å². The number of amides is 1. The molecule has 2 aromatic rings. The summed E-state index contributed by atoms with van der Waals surface area (Å²) in [5, 5.41) is 0. The third kappa shape index (κ3) is 4.76. The Bertz CT molecular complexity index is 895. The van der Waals surface area contributed by atoms with Crippen molar-refractivity contribution in [1.82, 2.24) is 9.80 Å². The molecule has 166 valence electrons. The molecule has 2 aromatic carbocycles. The monoisotopic (exact) mass is 434 g/mol. The molecule has 2 unspecified atom stereocenters. The van der Waals surface area contributed by atoms with E-state index in [0.29, 0.717) is 24.2 Å². The van der Waals surface area contributed by atoms with E-state index in [2.05, 4.69) is 4.90 Å². The van der Waals surface area contributed by atoms with Crippen LogP contribution in [0.25, 0.3) is 11.1 Å². The maximum Gasteiger partial charge on any atom is 0.416 e. The highest BCUT2D eigenvalue weighted by atomic mass is 19.4. The van der Waals surface area contributed by atoms with E-state index in [9.17, 15) is 22.4 Å². The number of rotatable bonds is 5. The fraction of sp³-hybridized carbons (Fsp3) is 0.458. The Kier molecular flexibility index (Phi) is 6.32. The zero-order valence-electron chi connectivity index (χ0n) is 17.2. The van der Waals surface area contributed by atoms with E-state index < -0.39 is 11.7 Å². The molecule has 2 aliphatic heterocycles. The molecule has 0 aromatic heterocycles. The van der Waals surface area contributed by atoms with Gasteiger partial charge in [-0.1, -0.05) is 24.3 Å². The number of hydrogen-bond acceptors (Lipinski definition) is 2. The fourth-order valence-corrected chi connectivity index (χ4v) is 4.70. The summed E-state index contributed by atoms with van der Waals surface area (Å²) in [7, 11) is 0. The first kappa shape index (κ1) is 21.8. The van der Waals surface area contributed by atoms with Gasteiger partial charge in [-0.2, -0.15) is 13.2 Å². The number of nitrogens with zero attached hydrogens (tertiary/aromatic N) is 2. The third-order valence-electron chi connectivity index (χ3n) is 6.44. The highest BCUT2D eigenvalue weighted by molar-refractivity contribution is 5.95. The number of carbonyl (C=O) groups excluding carboxylic acids is 1. The minimum absolute atomic E-state index is 0.0273. The summed E-state index contributed by atoms with van der Waals surface area (Å²) < 4.78 is 51.5. The number of likely N-dealkylation sites (tertiary alicyclic amines) is 2. The van der Waals surface area contributed by atoms with Gasteiger partial charge in [0, 0.05) is 30.7 Å². The minimum atomic E-state index is -4.36. The molecule has 0 saturated carbocycles. The molecule has 1 amide bonds. The predicted molar refractivity (Wildman–Crippen MR) is 112 cm³/mol. The van der Waals surface area contributed by atoms with E-state index in [1.807, 2.05) is 4.90 Å². The van der Waals surface area contributed by atoms with Crippen LogP contribution >= 0.6 is 0 Å². The van der Waals surface area contributed by atoms with E-state index in [-0.39, 0.29) is 24.7 Å². The average molecular weight is 434 g/mol. The standard InChI is InChI=1S/C24H26F4N2O/c25-15-21-3-1-13-29(21)16-22-4-2-14-30(22)23(31)19-7-5-17(6-8-19)18-9-11-20(12-10-18)24(26,27)28/h5-12,21-22H,1-4,13-16H2. The van der Waals surface area contributed by atoms with Crippen LogP contribution in [0.3, 0.4) is 0 Å². The summed E-state index contributed by atoms with van der Waals surface area (Å²) in [5.74, 6) is -0.0440. The topological polar surface area (TPSA) is 23.6 Å². The van der Waals surface area contributed by atoms with Gasteiger partial charge in [0.05, 0.1) is 5.56 Å². The van der Waals surface area contributed by atoms with E-state index in [0.717, 1.165) is 49.9 Å². The van der Waals surface area contributed by atoms with Crippen molar-refractivity contribution in [2.75, 3.05) is 26.3 Å². The quantitative estimate of drug-likeness (QED) is 0.588. The maximum absolute atomic E-state index is 13.2. The van der Waals surface area contributed by atoms with E-state index >= 15 is 0 Å². The fourth-order valence-electron chi connectivity index (χ4n) is 4.70. The lowest BCUT2D eigenvalue weighted by molar-refractivity contribution is -0.137. The van der Waals surface area contributed by atoms with Crippen LogP contribution in [-0.4, -0.2) is 54.1 Å². The van der Waals surface area contributed by atoms with Crippen molar-refractivity contribution in [3.8, 4) is 11.1 Å². The summed E-state index contributed by atoms with van der Waals surface area (Å²) in [6.07, 6.45) is -0.622. The van der Waals surface area contributed by atoms with Crippen molar-refractivity contribution in [2.24, 2.45) is 0 Å². The van der Waals surface area contributed by atoms with Crippen LogP contribution in [0.15, 0.2) is 48.5 Å². The van der Waals surface area contributed by atoms with E-state index in [4.69, 9.17) is 0 Å². The van der Waals surface area contributed by atoms with Gasteiger partial charge in [0.2, 0.25) is 0 Å². The molecule has 0 bridgehead atoms. The van der Waals surface area contributed by atoms with Gasteiger partial charge < -0.3 is 4.90 Å². The van der Waals surface area contributed by atoms with Crippen molar-refractivity contribution in [3.05, 3.63) is 59.7 Å². The molecule has 2 atom stereocenters. The van der Waals surface area contributed by atoms with Crippen LogP contribution in [0.1, 0.15) is 41.6 Å². The van der Waals surface area contributed by atoms with Crippen molar-refractivity contribution in [2.45, 2.75) is 43.9 Å². The number of carbonyl (C=O) groups is 1. The Morgan fingerprint density at radius 1 is 0.871 bits per heavy atom. The molecular formula is C24H26F4N2O. The Morgan fingerprint density at radius 3 is 2.06 bits per heavy atom. The minimum Gasteiger partial charge on any atom is -0.334 e. The molecule has 3 nitrogen and oxygen atoms in total. The first-order chi connectivity index (χ1) is 14.9. The smallest absolute Gasteiger partial charge is 0.334 e. The summed E-state index contributed by atoms with van der Waals surface area (Å²) >= 11 is 0. The Hall–Kier alpha value is -2.41. The molecule has 31 heavy (non-hydrogen) atoms. The number of benzene rings is 2. The summed E-state index contributed by atoms with van der Waals surface area (Å²) in [5.41, 5.74) is 1.30. The average Bonchev–Trinajstić information content (AvgIpc) is 3.42.